The van der Waals surface area contributed by atoms with Crippen molar-refractivity contribution in [2.24, 2.45) is 0 Å². The van der Waals surface area contributed by atoms with Crippen molar-refractivity contribution in [3.8, 4) is 11.5 Å². The van der Waals surface area contributed by atoms with Crippen molar-refractivity contribution >= 4 is 33.6 Å². The molecule has 0 atom stereocenters. The molecule has 0 saturated carbocycles. The maximum atomic E-state index is 14.0. The molecule has 0 N–H and O–H groups in total. The van der Waals surface area contributed by atoms with E-state index in [4.69, 9.17) is 20.5 Å². The highest BCUT2D eigenvalue weighted by atomic mass is 35.5. The van der Waals surface area contributed by atoms with Crippen LogP contribution in [-0.2, 0) is 10.1 Å². The monoisotopic (exact) mass is 444 g/mol. The highest BCUT2D eigenvalue weighted by molar-refractivity contribution is 7.87. The van der Waals surface area contributed by atoms with Crippen LogP contribution in [0.4, 0.5) is 4.39 Å². The lowest BCUT2D eigenvalue weighted by atomic mass is 10.1. The van der Waals surface area contributed by atoms with Crippen LogP contribution in [0.5, 0.6) is 11.5 Å². The third-order valence-corrected chi connectivity index (χ3v) is 6.02. The molecule has 0 bridgehead atoms. The van der Waals surface area contributed by atoms with Gasteiger partial charge in [0, 0.05) is 11.6 Å². The molecule has 3 aromatic carbocycles. The first-order chi connectivity index (χ1) is 14.2. The number of benzene rings is 3. The number of carbonyl (C=O) groups excluding carboxylic acids is 1. The number of fused-ring (bicyclic) bond motifs is 1. The lowest BCUT2D eigenvalue weighted by Crippen LogP contribution is -2.09. The third kappa shape index (κ3) is 3.81. The maximum absolute atomic E-state index is 14.0. The SMILES string of the molecule is Cc1ccc(S(=O)(=O)Oc2ccc3c(c2)O/C(=C\c2c(F)cccc2Cl)C3=O)cc1. The van der Waals surface area contributed by atoms with E-state index < -0.39 is 21.7 Å². The minimum absolute atomic E-state index is 0.000345. The van der Waals surface area contributed by atoms with E-state index >= 15 is 0 Å². The number of carbonyl (C=O) groups is 1. The van der Waals surface area contributed by atoms with E-state index in [2.05, 4.69) is 0 Å². The molecule has 4 rings (SSSR count). The molecule has 0 aromatic heterocycles. The molecule has 5 nitrogen and oxygen atoms in total. The van der Waals surface area contributed by atoms with E-state index in [0.29, 0.717) is 0 Å². The standard InChI is InChI=1S/C22H14ClFO5S/c1-13-5-8-15(9-6-13)30(26,27)29-14-7-10-16-20(11-14)28-21(22(16)25)12-17-18(23)3-2-4-19(17)24/h2-12H,1H3/b21-12-. The number of ether oxygens (including phenoxy) is 1. The Labute approximate surface area is 177 Å². The second-order valence-corrected chi connectivity index (χ2v) is 8.54. The van der Waals surface area contributed by atoms with E-state index in [0.717, 1.165) is 5.56 Å². The van der Waals surface area contributed by atoms with Crippen molar-refractivity contribution in [2.45, 2.75) is 11.8 Å². The van der Waals surface area contributed by atoms with Crippen LogP contribution in [0.15, 0.2) is 71.3 Å². The van der Waals surface area contributed by atoms with E-state index in [1.54, 1.807) is 12.1 Å². The second kappa shape index (κ2) is 7.59. The Morgan fingerprint density at radius 2 is 1.80 bits per heavy atom. The van der Waals surface area contributed by atoms with Gasteiger partial charge in [0.2, 0.25) is 5.78 Å². The molecular formula is C22H14ClFO5S. The smallest absolute Gasteiger partial charge is 0.339 e. The van der Waals surface area contributed by atoms with Crippen molar-refractivity contribution in [3.05, 3.63) is 94.0 Å². The van der Waals surface area contributed by atoms with Crippen molar-refractivity contribution in [1.82, 2.24) is 0 Å². The molecule has 1 heterocycles. The number of hydrogen-bond acceptors (Lipinski definition) is 5. The molecule has 1 aliphatic heterocycles. The molecule has 0 unspecified atom stereocenters. The van der Waals surface area contributed by atoms with Gasteiger partial charge < -0.3 is 8.92 Å². The number of aryl methyl sites for hydroxylation is 1. The van der Waals surface area contributed by atoms with Crippen LogP contribution in [0.1, 0.15) is 21.5 Å². The summed E-state index contributed by atoms with van der Waals surface area (Å²) >= 11 is 5.99. The summed E-state index contributed by atoms with van der Waals surface area (Å²) in [4.78, 5) is 12.6. The Hall–Kier alpha value is -3.16. The normalized spacial score (nSPS) is 14.5. The zero-order valence-electron chi connectivity index (χ0n) is 15.6. The fourth-order valence-corrected chi connectivity index (χ4v) is 4.02. The van der Waals surface area contributed by atoms with Gasteiger partial charge in [-0.15, -0.1) is 0 Å². The number of ketones is 1. The molecule has 3 aromatic rings. The van der Waals surface area contributed by atoms with Gasteiger partial charge in [0.05, 0.1) is 10.6 Å². The van der Waals surface area contributed by atoms with Crippen molar-refractivity contribution in [1.29, 1.82) is 0 Å². The van der Waals surface area contributed by atoms with Gasteiger partial charge in [-0.05, 0) is 49.4 Å². The van der Waals surface area contributed by atoms with E-state index in [9.17, 15) is 17.6 Å². The van der Waals surface area contributed by atoms with Crippen LogP contribution < -0.4 is 8.92 Å². The van der Waals surface area contributed by atoms with Gasteiger partial charge in [-0.2, -0.15) is 8.42 Å². The van der Waals surface area contributed by atoms with E-state index in [-0.39, 0.29) is 38.3 Å². The van der Waals surface area contributed by atoms with Crippen LogP contribution in [-0.4, -0.2) is 14.2 Å². The summed E-state index contributed by atoms with van der Waals surface area (Å²) in [6.45, 7) is 1.84. The number of allylic oxidation sites excluding steroid dienone is 1. The topological polar surface area (TPSA) is 69.7 Å². The number of hydrogen-bond donors (Lipinski definition) is 0. The summed E-state index contributed by atoms with van der Waals surface area (Å²) in [5.74, 6) is -1.12. The quantitative estimate of drug-likeness (QED) is 0.410. The van der Waals surface area contributed by atoms with Crippen molar-refractivity contribution in [2.75, 3.05) is 0 Å². The van der Waals surface area contributed by atoms with Crippen LogP contribution in [0, 0.1) is 12.7 Å². The van der Waals surface area contributed by atoms with Crippen LogP contribution in [0.3, 0.4) is 0 Å². The third-order valence-electron chi connectivity index (χ3n) is 4.43. The molecule has 0 aliphatic carbocycles. The van der Waals surface area contributed by atoms with E-state index in [1.165, 1.54) is 54.6 Å². The molecule has 0 radical (unpaired) electrons. The fourth-order valence-electron chi connectivity index (χ4n) is 2.88. The summed E-state index contributed by atoms with van der Waals surface area (Å²) in [5, 5.41) is 0.128. The highest BCUT2D eigenvalue weighted by Crippen LogP contribution is 2.36. The van der Waals surface area contributed by atoms with Gasteiger partial charge in [-0.25, -0.2) is 4.39 Å². The highest BCUT2D eigenvalue weighted by Gasteiger charge is 2.29. The molecule has 8 heteroatoms. The summed E-state index contributed by atoms with van der Waals surface area (Å²) < 4.78 is 49.6. The Bertz CT molecular complexity index is 1280. The fraction of sp³-hybridized carbons (Fsp3) is 0.0455. The minimum Gasteiger partial charge on any atom is -0.452 e. The Morgan fingerprint density at radius 1 is 1.07 bits per heavy atom. The molecule has 0 fully saturated rings. The molecule has 0 amide bonds. The summed E-state index contributed by atoms with van der Waals surface area (Å²) in [6.07, 6.45) is 1.21. The van der Waals surface area contributed by atoms with Crippen molar-refractivity contribution in [3.63, 3.8) is 0 Å². The minimum atomic E-state index is -4.06. The molecule has 0 saturated heterocycles. The molecule has 1 aliphatic rings. The lowest BCUT2D eigenvalue weighted by Gasteiger charge is -2.08. The first-order valence-electron chi connectivity index (χ1n) is 8.78. The zero-order valence-corrected chi connectivity index (χ0v) is 17.1. The van der Waals surface area contributed by atoms with Crippen molar-refractivity contribution < 1.29 is 26.5 Å². The molecule has 0 spiro atoms. The summed E-state index contributed by atoms with van der Waals surface area (Å²) in [5.41, 5.74) is 1.13. The Morgan fingerprint density at radius 3 is 2.50 bits per heavy atom. The predicted molar refractivity (Wildman–Crippen MR) is 110 cm³/mol. The summed E-state index contributed by atoms with van der Waals surface area (Å²) in [6, 6.07) is 14.4. The van der Waals surface area contributed by atoms with Gasteiger partial charge >= 0.3 is 10.1 Å². The first kappa shape index (κ1) is 20.1. The van der Waals surface area contributed by atoms with Gasteiger partial charge in [0.1, 0.15) is 22.2 Å². The Balaban J connectivity index is 1.62. The first-order valence-corrected chi connectivity index (χ1v) is 10.6. The zero-order chi connectivity index (χ0) is 21.5. The summed E-state index contributed by atoms with van der Waals surface area (Å²) in [7, 11) is -4.06. The Kier molecular flexibility index (Phi) is 5.09. The number of halogens is 2. The molecule has 30 heavy (non-hydrogen) atoms. The van der Waals surface area contributed by atoms with Crippen LogP contribution >= 0.6 is 11.6 Å². The average Bonchev–Trinajstić information content (AvgIpc) is 3.00. The van der Waals surface area contributed by atoms with Gasteiger partial charge in [-0.1, -0.05) is 35.4 Å². The predicted octanol–water partition coefficient (Wildman–Crippen LogP) is 5.17. The second-order valence-electron chi connectivity index (χ2n) is 6.58. The van der Waals surface area contributed by atoms with Crippen LogP contribution in [0.2, 0.25) is 5.02 Å². The largest absolute Gasteiger partial charge is 0.452 e. The lowest BCUT2D eigenvalue weighted by molar-refractivity contribution is 0.101. The van der Waals surface area contributed by atoms with Gasteiger partial charge in [-0.3, -0.25) is 4.79 Å². The molecule has 152 valence electrons. The number of rotatable bonds is 4. The number of Topliss-reactive ketones (excluding diaryl/α,β-unsaturated/α-hetero) is 1. The van der Waals surface area contributed by atoms with Gasteiger partial charge in [0.15, 0.2) is 5.76 Å². The average molecular weight is 445 g/mol. The molecular weight excluding hydrogens is 431 g/mol. The van der Waals surface area contributed by atoms with Gasteiger partial charge in [0.25, 0.3) is 0 Å². The maximum Gasteiger partial charge on any atom is 0.339 e. The van der Waals surface area contributed by atoms with Crippen LogP contribution in [0.25, 0.3) is 6.08 Å². The van der Waals surface area contributed by atoms with E-state index in [1.807, 2.05) is 6.92 Å².